The Morgan fingerprint density at radius 2 is 2.33 bits per heavy atom. The van der Waals surface area contributed by atoms with Crippen LogP contribution in [0.2, 0.25) is 0 Å². The molecule has 3 nitrogen and oxygen atoms in total. The molecular weight excluding hydrogens is 140 g/mol. The SMILES string of the molecule is Cl.NC(=O)C1CCNC1. The van der Waals surface area contributed by atoms with Crippen molar-refractivity contribution < 1.29 is 4.79 Å². The molecule has 0 bridgehead atoms. The first-order valence-electron chi connectivity index (χ1n) is 2.81. The van der Waals surface area contributed by atoms with E-state index in [1.165, 1.54) is 0 Å². The van der Waals surface area contributed by atoms with Gasteiger partial charge in [-0.25, -0.2) is 0 Å². The molecule has 1 atom stereocenters. The number of rotatable bonds is 1. The van der Waals surface area contributed by atoms with Crippen LogP contribution in [-0.4, -0.2) is 19.0 Å². The van der Waals surface area contributed by atoms with Gasteiger partial charge in [0, 0.05) is 6.54 Å². The highest BCUT2D eigenvalue weighted by atomic mass is 35.5. The van der Waals surface area contributed by atoms with E-state index in [0.29, 0.717) is 0 Å². The van der Waals surface area contributed by atoms with E-state index in [-0.39, 0.29) is 24.2 Å². The zero-order chi connectivity index (χ0) is 5.98. The van der Waals surface area contributed by atoms with Crippen LogP contribution in [0.15, 0.2) is 0 Å². The minimum Gasteiger partial charge on any atom is -0.369 e. The van der Waals surface area contributed by atoms with E-state index in [1.807, 2.05) is 0 Å². The second-order valence-electron chi connectivity index (χ2n) is 2.09. The second-order valence-corrected chi connectivity index (χ2v) is 2.09. The molecule has 0 aliphatic carbocycles. The van der Waals surface area contributed by atoms with E-state index >= 15 is 0 Å². The molecule has 9 heavy (non-hydrogen) atoms. The molecule has 0 aromatic heterocycles. The lowest BCUT2D eigenvalue weighted by Gasteiger charge is -1.98. The summed E-state index contributed by atoms with van der Waals surface area (Å²) in [6.07, 6.45) is 0.912. The van der Waals surface area contributed by atoms with Crippen LogP contribution in [0.3, 0.4) is 0 Å². The number of nitrogens with two attached hydrogens (primary N) is 1. The Bertz CT molecular complexity index is 101. The van der Waals surface area contributed by atoms with Crippen LogP contribution in [0.5, 0.6) is 0 Å². The normalized spacial score (nSPS) is 25.1. The summed E-state index contributed by atoms with van der Waals surface area (Å²) < 4.78 is 0. The van der Waals surface area contributed by atoms with Gasteiger partial charge in [-0.1, -0.05) is 0 Å². The van der Waals surface area contributed by atoms with Gasteiger partial charge in [0.1, 0.15) is 0 Å². The summed E-state index contributed by atoms with van der Waals surface area (Å²) in [5.74, 6) is -0.0787. The lowest BCUT2D eigenvalue weighted by Crippen LogP contribution is -2.24. The molecule has 1 fully saturated rings. The summed E-state index contributed by atoms with van der Waals surface area (Å²) in [7, 11) is 0. The standard InChI is InChI=1S/C5H10N2O.ClH/c6-5(8)4-1-2-7-3-4;/h4,7H,1-3H2,(H2,6,8);1H. The Labute approximate surface area is 60.4 Å². The summed E-state index contributed by atoms with van der Waals surface area (Å²) >= 11 is 0. The van der Waals surface area contributed by atoms with Crippen LogP contribution in [-0.2, 0) is 4.79 Å². The number of primary amides is 1. The molecule has 54 valence electrons. The number of hydrogen-bond acceptors (Lipinski definition) is 2. The fourth-order valence-electron chi connectivity index (χ4n) is 0.897. The molecule has 1 amide bonds. The molecule has 1 aliphatic rings. The maximum Gasteiger partial charge on any atom is 0.221 e. The third-order valence-electron chi connectivity index (χ3n) is 1.46. The minimum atomic E-state index is -0.171. The Morgan fingerprint density at radius 3 is 2.56 bits per heavy atom. The molecule has 0 aromatic carbocycles. The fraction of sp³-hybridized carbons (Fsp3) is 0.800. The van der Waals surface area contributed by atoms with Crippen LogP contribution in [0.25, 0.3) is 0 Å². The fourth-order valence-corrected chi connectivity index (χ4v) is 0.897. The summed E-state index contributed by atoms with van der Waals surface area (Å²) in [4.78, 5) is 10.4. The predicted octanol–water partition coefficient (Wildman–Crippen LogP) is -0.497. The van der Waals surface area contributed by atoms with Gasteiger partial charge in [0.05, 0.1) is 5.92 Å². The van der Waals surface area contributed by atoms with Crippen molar-refractivity contribution in [2.45, 2.75) is 6.42 Å². The van der Waals surface area contributed by atoms with Crippen molar-refractivity contribution in [1.29, 1.82) is 0 Å². The quantitative estimate of drug-likeness (QED) is 0.530. The van der Waals surface area contributed by atoms with Gasteiger partial charge < -0.3 is 11.1 Å². The third-order valence-corrected chi connectivity index (χ3v) is 1.46. The van der Waals surface area contributed by atoms with Gasteiger partial charge in [0.2, 0.25) is 5.91 Å². The second kappa shape index (κ2) is 3.69. The molecule has 4 heteroatoms. The van der Waals surface area contributed by atoms with Gasteiger partial charge in [0.15, 0.2) is 0 Å². The Kier molecular flexibility index (Phi) is 3.58. The van der Waals surface area contributed by atoms with Crippen LogP contribution in [0, 0.1) is 5.92 Å². The van der Waals surface area contributed by atoms with E-state index in [9.17, 15) is 4.79 Å². The van der Waals surface area contributed by atoms with Gasteiger partial charge in [-0.2, -0.15) is 0 Å². The lowest BCUT2D eigenvalue weighted by molar-refractivity contribution is -0.121. The average Bonchev–Trinajstić information content (AvgIpc) is 2.12. The maximum absolute atomic E-state index is 10.4. The number of nitrogens with one attached hydrogen (secondary N) is 1. The summed E-state index contributed by atoms with van der Waals surface area (Å²) in [5, 5.41) is 3.05. The van der Waals surface area contributed by atoms with Crippen molar-refractivity contribution in [3.05, 3.63) is 0 Å². The molecule has 0 spiro atoms. The highest BCUT2D eigenvalue weighted by Gasteiger charge is 2.18. The van der Waals surface area contributed by atoms with Gasteiger partial charge >= 0.3 is 0 Å². The zero-order valence-electron chi connectivity index (χ0n) is 5.09. The number of carbonyl (C=O) groups excluding carboxylic acids is 1. The average molecular weight is 151 g/mol. The topological polar surface area (TPSA) is 55.1 Å². The molecule has 1 saturated heterocycles. The van der Waals surface area contributed by atoms with Crippen LogP contribution in [0.1, 0.15) is 6.42 Å². The van der Waals surface area contributed by atoms with E-state index in [1.54, 1.807) is 0 Å². The molecular formula is C5H11ClN2O. The molecule has 0 aromatic rings. The predicted molar refractivity (Wildman–Crippen MR) is 37.4 cm³/mol. The molecule has 0 radical (unpaired) electrons. The van der Waals surface area contributed by atoms with Crippen molar-refractivity contribution in [2.75, 3.05) is 13.1 Å². The van der Waals surface area contributed by atoms with Crippen molar-refractivity contribution in [2.24, 2.45) is 11.7 Å². The van der Waals surface area contributed by atoms with Gasteiger partial charge in [-0.05, 0) is 13.0 Å². The molecule has 3 N–H and O–H groups in total. The number of carbonyl (C=O) groups is 1. The first kappa shape index (κ1) is 8.72. The Morgan fingerprint density at radius 1 is 1.67 bits per heavy atom. The first-order chi connectivity index (χ1) is 3.80. The van der Waals surface area contributed by atoms with Crippen molar-refractivity contribution in [3.8, 4) is 0 Å². The van der Waals surface area contributed by atoms with Crippen molar-refractivity contribution in [1.82, 2.24) is 5.32 Å². The Hall–Kier alpha value is -0.280. The molecule has 1 unspecified atom stereocenters. The third kappa shape index (κ3) is 2.20. The highest BCUT2D eigenvalue weighted by molar-refractivity contribution is 5.85. The summed E-state index contributed by atoms with van der Waals surface area (Å²) in [5.41, 5.74) is 5.02. The summed E-state index contributed by atoms with van der Waals surface area (Å²) in [6.45, 7) is 1.71. The number of halogens is 1. The van der Waals surface area contributed by atoms with Gasteiger partial charge in [-0.3, -0.25) is 4.79 Å². The van der Waals surface area contributed by atoms with Crippen LogP contribution in [0.4, 0.5) is 0 Å². The Balaban J connectivity index is 0.000000640. The van der Waals surface area contributed by atoms with E-state index in [4.69, 9.17) is 5.73 Å². The molecule has 1 rings (SSSR count). The van der Waals surface area contributed by atoms with E-state index < -0.39 is 0 Å². The highest BCUT2D eigenvalue weighted by Crippen LogP contribution is 2.04. The van der Waals surface area contributed by atoms with Gasteiger partial charge in [0.25, 0.3) is 0 Å². The van der Waals surface area contributed by atoms with Crippen LogP contribution >= 0.6 is 12.4 Å². The summed E-state index contributed by atoms with van der Waals surface area (Å²) in [6, 6.07) is 0. The van der Waals surface area contributed by atoms with E-state index in [0.717, 1.165) is 19.5 Å². The van der Waals surface area contributed by atoms with Crippen molar-refractivity contribution in [3.63, 3.8) is 0 Å². The van der Waals surface area contributed by atoms with Gasteiger partial charge in [-0.15, -0.1) is 12.4 Å². The monoisotopic (exact) mass is 150 g/mol. The largest absolute Gasteiger partial charge is 0.369 e. The number of amides is 1. The smallest absolute Gasteiger partial charge is 0.221 e. The minimum absolute atomic E-state index is 0. The maximum atomic E-state index is 10.4. The molecule has 1 heterocycles. The van der Waals surface area contributed by atoms with Crippen LogP contribution < -0.4 is 11.1 Å². The molecule has 1 aliphatic heterocycles. The zero-order valence-corrected chi connectivity index (χ0v) is 5.91. The number of hydrogen-bond donors (Lipinski definition) is 2. The first-order valence-corrected chi connectivity index (χ1v) is 2.81. The van der Waals surface area contributed by atoms with Crippen molar-refractivity contribution >= 4 is 18.3 Å². The molecule has 0 saturated carbocycles. The van der Waals surface area contributed by atoms with E-state index in [2.05, 4.69) is 5.32 Å². The lowest BCUT2D eigenvalue weighted by atomic mass is 10.1.